The molecule has 0 fully saturated rings. The summed E-state index contributed by atoms with van der Waals surface area (Å²) in [6.45, 7) is 0.705. The first kappa shape index (κ1) is 11.6. The Kier molecular flexibility index (Phi) is 5.11. The molecule has 0 atom stereocenters. The molecule has 1 aliphatic heterocycles. The van der Waals surface area contributed by atoms with Crippen LogP contribution in [-0.2, 0) is 16.5 Å². The summed E-state index contributed by atoms with van der Waals surface area (Å²) < 4.78 is 5.34. The largest absolute Gasteiger partial charge is 0.489 e. The van der Waals surface area contributed by atoms with Crippen molar-refractivity contribution in [1.82, 2.24) is 0 Å². The van der Waals surface area contributed by atoms with Gasteiger partial charge in [0.05, 0.1) is 0 Å². The first-order valence-electron chi connectivity index (χ1n) is 3.35. The van der Waals surface area contributed by atoms with Crippen molar-refractivity contribution >= 4 is 19.6 Å². The minimum atomic E-state index is 0. The molecule has 0 radical (unpaired) electrons. The number of para-hydroxylation sites is 1. The molecule has 1 aromatic rings. The predicted octanol–water partition coefficient (Wildman–Crippen LogP) is 2.20. The third-order valence-corrected chi connectivity index (χ3v) is 1.55. The van der Waals surface area contributed by atoms with Gasteiger partial charge in [-0.05, 0) is 12.1 Å². The summed E-state index contributed by atoms with van der Waals surface area (Å²) in [5.41, 5.74) is 1.17. The molecule has 2 rings (SSSR count). The number of fused-ring (bicyclic) bond motifs is 1. The van der Waals surface area contributed by atoms with Crippen molar-refractivity contribution in [3.05, 3.63) is 35.9 Å². The average Bonchev–Trinajstić information content (AvgIpc) is 2.05. The van der Waals surface area contributed by atoms with Crippen molar-refractivity contribution < 1.29 is 21.2 Å². The molecule has 1 heterocycles. The van der Waals surface area contributed by atoms with E-state index in [0.29, 0.717) is 6.61 Å². The number of benzene rings is 1. The fourth-order valence-corrected chi connectivity index (χ4v) is 1.06. The van der Waals surface area contributed by atoms with Crippen LogP contribution in [0.2, 0.25) is 0 Å². The van der Waals surface area contributed by atoms with Crippen molar-refractivity contribution in [3.8, 4) is 5.75 Å². The molecular formula is C9H10NiOS. The van der Waals surface area contributed by atoms with Gasteiger partial charge in [-0.3, -0.25) is 0 Å². The second-order valence-corrected chi connectivity index (χ2v) is 2.25. The number of hydrogen-bond acceptors (Lipinski definition) is 1. The normalized spacial score (nSPS) is 11.7. The molecule has 3 heteroatoms. The molecule has 0 spiro atoms. The summed E-state index contributed by atoms with van der Waals surface area (Å²) in [6, 6.07) is 8.03. The van der Waals surface area contributed by atoms with E-state index in [1.54, 1.807) is 0 Å². The van der Waals surface area contributed by atoms with Gasteiger partial charge in [0.25, 0.3) is 0 Å². The van der Waals surface area contributed by atoms with Crippen molar-refractivity contribution in [1.29, 1.82) is 0 Å². The van der Waals surface area contributed by atoms with Crippen LogP contribution in [0.1, 0.15) is 5.56 Å². The SMILES string of the molecule is C1=Cc2ccccc2OC1.S.[Ni]. The zero-order chi connectivity index (χ0) is 6.81. The molecule has 1 aromatic carbocycles. The van der Waals surface area contributed by atoms with Crippen molar-refractivity contribution in [3.63, 3.8) is 0 Å². The van der Waals surface area contributed by atoms with Crippen LogP contribution in [0.15, 0.2) is 30.3 Å². The second-order valence-electron chi connectivity index (χ2n) is 2.25. The number of rotatable bonds is 0. The van der Waals surface area contributed by atoms with Crippen LogP contribution in [0.5, 0.6) is 5.75 Å². The van der Waals surface area contributed by atoms with E-state index in [9.17, 15) is 0 Å². The van der Waals surface area contributed by atoms with Gasteiger partial charge >= 0.3 is 0 Å². The van der Waals surface area contributed by atoms with Gasteiger partial charge in [0, 0.05) is 22.1 Å². The Morgan fingerprint density at radius 3 is 2.67 bits per heavy atom. The van der Waals surface area contributed by atoms with E-state index in [-0.39, 0.29) is 30.0 Å². The average molecular weight is 225 g/mol. The fraction of sp³-hybridized carbons (Fsp3) is 0.111. The first-order valence-corrected chi connectivity index (χ1v) is 3.35. The zero-order valence-electron chi connectivity index (χ0n) is 6.40. The van der Waals surface area contributed by atoms with Gasteiger partial charge in [0.2, 0.25) is 0 Å². The minimum absolute atomic E-state index is 0. The maximum atomic E-state index is 5.34. The van der Waals surface area contributed by atoms with Crippen LogP contribution >= 0.6 is 13.5 Å². The van der Waals surface area contributed by atoms with E-state index in [1.165, 1.54) is 5.56 Å². The van der Waals surface area contributed by atoms with E-state index in [4.69, 9.17) is 4.74 Å². The topological polar surface area (TPSA) is 9.23 Å². The van der Waals surface area contributed by atoms with Crippen molar-refractivity contribution in [2.45, 2.75) is 0 Å². The summed E-state index contributed by atoms with van der Waals surface area (Å²) in [6.07, 6.45) is 4.10. The molecule has 0 saturated carbocycles. The smallest absolute Gasteiger partial charge is 0.126 e. The molecule has 0 N–H and O–H groups in total. The third kappa shape index (κ3) is 2.29. The van der Waals surface area contributed by atoms with Crippen molar-refractivity contribution in [2.24, 2.45) is 0 Å². The Bertz CT molecular complexity index is 273. The molecule has 1 aliphatic rings. The summed E-state index contributed by atoms with van der Waals surface area (Å²) >= 11 is 0. The van der Waals surface area contributed by atoms with Gasteiger partial charge in [-0.1, -0.05) is 24.3 Å². The van der Waals surface area contributed by atoms with Crippen LogP contribution in [0.3, 0.4) is 0 Å². The van der Waals surface area contributed by atoms with Crippen LogP contribution in [0.25, 0.3) is 6.08 Å². The second kappa shape index (κ2) is 5.28. The predicted molar refractivity (Wildman–Crippen MR) is 51.4 cm³/mol. The summed E-state index contributed by atoms with van der Waals surface area (Å²) in [5.74, 6) is 0.991. The van der Waals surface area contributed by atoms with Gasteiger partial charge in [0.1, 0.15) is 12.4 Å². The summed E-state index contributed by atoms with van der Waals surface area (Å²) in [5, 5.41) is 0. The van der Waals surface area contributed by atoms with E-state index >= 15 is 0 Å². The molecule has 0 amide bonds. The molecule has 0 bridgehead atoms. The fourth-order valence-electron chi connectivity index (χ4n) is 1.06. The minimum Gasteiger partial charge on any atom is -0.489 e. The Hall–Kier alpha value is -0.396. The van der Waals surface area contributed by atoms with E-state index < -0.39 is 0 Å². The number of hydrogen-bond donors (Lipinski definition) is 0. The van der Waals surface area contributed by atoms with Crippen LogP contribution in [0.4, 0.5) is 0 Å². The summed E-state index contributed by atoms with van der Waals surface area (Å²) in [4.78, 5) is 0. The van der Waals surface area contributed by atoms with Gasteiger partial charge in [0.15, 0.2) is 0 Å². The van der Waals surface area contributed by atoms with Gasteiger partial charge in [-0.2, -0.15) is 13.5 Å². The standard InChI is InChI=1S/C9H8O.Ni.H2S/c1-2-6-9-8(4-1)5-3-7-10-9;;/h1-6H,7H2;;1H2. The Morgan fingerprint density at radius 1 is 1.17 bits per heavy atom. The monoisotopic (exact) mass is 224 g/mol. The molecular weight excluding hydrogens is 215 g/mol. The molecule has 0 aliphatic carbocycles. The van der Waals surface area contributed by atoms with Crippen LogP contribution in [0, 0.1) is 0 Å². The molecule has 68 valence electrons. The van der Waals surface area contributed by atoms with Crippen LogP contribution < -0.4 is 4.74 Å². The Balaban J connectivity index is 0.000000605. The van der Waals surface area contributed by atoms with E-state index in [2.05, 4.69) is 6.08 Å². The Morgan fingerprint density at radius 2 is 1.92 bits per heavy atom. The van der Waals surface area contributed by atoms with Gasteiger partial charge < -0.3 is 4.74 Å². The zero-order valence-corrected chi connectivity index (χ0v) is 8.38. The summed E-state index contributed by atoms with van der Waals surface area (Å²) in [7, 11) is 0. The molecule has 12 heavy (non-hydrogen) atoms. The molecule has 0 aromatic heterocycles. The quantitative estimate of drug-likeness (QED) is 0.615. The maximum absolute atomic E-state index is 5.34. The van der Waals surface area contributed by atoms with Gasteiger partial charge in [-0.25, -0.2) is 0 Å². The number of ether oxygens (including phenoxy) is 1. The molecule has 0 saturated heterocycles. The van der Waals surface area contributed by atoms with Crippen molar-refractivity contribution in [2.75, 3.05) is 6.61 Å². The van der Waals surface area contributed by atoms with Gasteiger partial charge in [-0.15, -0.1) is 0 Å². The molecule has 0 unspecified atom stereocenters. The first-order chi connectivity index (χ1) is 4.97. The Labute approximate surface area is 89.2 Å². The van der Waals surface area contributed by atoms with E-state index in [1.807, 2.05) is 30.3 Å². The third-order valence-electron chi connectivity index (χ3n) is 1.55. The van der Waals surface area contributed by atoms with E-state index in [0.717, 1.165) is 5.75 Å². The molecule has 1 nitrogen and oxygen atoms in total. The van der Waals surface area contributed by atoms with Crippen LogP contribution in [-0.4, -0.2) is 6.61 Å². The maximum Gasteiger partial charge on any atom is 0.126 e.